The van der Waals surface area contributed by atoms with Crippen molar-refractivity contribution in [3.8, 4) is 0 Å². The van der Waals surface area contributed by atoms with Crippen molar-refractivity contribution in [2.75, 3.05) is 19.6 Å². The summed E-state index contributed by atoms with van der Waals surface area (Å²) in [5.41, 5.74) is 0. The van der Waals surface area contributed by atoms with E-state index in [9.17, 15) is 9.59 Å². The summed E-state index contributed by atoms with van der Waals surface area (Å²) < 4.78 is 0. The molecular formula is C10H18N2O3. The Morgan fingerprint density at radius 3 is 2.67 bits per heavy atom. The summed E-state index contributed by atoms with van der Waals surface area (Å²) in [6.45, 7) is 5.35. The average Bonchev–Trinajstić information content (AvgIpc) is 2.60. The van der Waals surface area contributed by atoms with E-state index in [0.29, 0.717) is 12.5 Å². The lowest BCUT2D eigenvalue weighted by molar-refractivity contribution is -0.141. The maximum absolute atomic E-state index is 11.6. The number of hydrogen-bond donors (Lipinski definition) is 3. The van der Waals surface area contributed by atoms with Gasteiger partial charge in [0.25, 0.3) is 0 Å². The van der Waals surface area contributed by atoms with Crippen LogP contribution < -0.4 is 10.6 Å². The van der Waals surface area contributed by atoms with Crippen LogP contribution in [-0.2, 0) is 9.59 Å². The van der Waals surface area contributed by atoms with Crippen LogP contribution in [0.4, 0.5) is 0 Å². The number of carboxylic acid groups (broad SMARTS) is 1. The van der Waals surface area contributed by atoms with Crippen LogP contribution in [-0.4, -0.2) is 36.6 Å². The molecule has 0 radical (unpaired) electrons. The summed E-state index contributed by atoms with van der Waals surface area (Å²) in [4.78, 5) is 22.2. The monoisotopic (exact) mass is 214 g/mol. The van der Waals surface area contributed by atoms with Gasteiger partial charge in [-0.05, 0) is 12.5 Å². The number of carboxylic acids is 1. The molecule has 5 heteroatoms. The zero-order chi connectivity index (χ0) is 11.4. The Bertz CT molecular complexity index is 255. The summed E-state index contributed by atoms with van der Waals surface area (Å²) in [5, 5.41) is 14.5. The van der Waals surface area contributed by atoms with Gasteiger partial charge in [0.05, 0.1) is 11.8 Å². The van der Waals surface area contributed by atoms with E-state index in [-0.39, 0.29) is 18.4 Å². The maximum atomic E-state index is 11.6. The van der Waals surface area contributed by atoms with Gasteiger partial charge in [-0.15, -0.1) is 0 Å². The third-order valence-corrected chi connectivity index (χ3v) is 2.86. The van der Waals surface area contributed by atoms with Gasteiger partial charge in [-0.1, -0.05) is 13.8 Å². The first-order valence-corrected chi connectivity index (χ1v) is 5.23. The van der Waals surface area contributed by atoms with Crippen molar-refractivity contribution in [3.63, 3.8) is 0 Å². The van der Waals surface area contributed by atoms with Gasteiger partial charge in [-0.2, -0.15) is 0 Å². The van der Waals surface area contributed by atoms with Crippen molar-refractivity contribution < 1.29 is 14.7 Å². The number of carbonyl (C=O) groups excluding carboxylic acids is 1. The minimum atomic E-state index is -0.882. The van der Waals surface area contributed by atoms with Gasteiger partial charge < -0.3 is 15.7 Å². The molecule has 0 aromatic rings. The molecule has 1 saturated heterocycles. The largest absolute Gasteiger partial charge is 0.481 e. The van der Waals surface area contributed by atoms with E-state index in [1.807, 2.05) is 6.92 Å². The van der Waals surface area contributed by atoms with Gasteiger partial charge in [0, 0.05) is 13.1 Å². The summed E-state index contributed by atoms with van der Waals surface area (Å²) >= 11 is 0. The first kappa shape index (κ1) is 12.0. The summed E-state index contributed by atoms with van der Waals surface area (Å²) in [5.74, 6) is -1.15. The zero-order valence-corrected chi connectivity index (χ0v) is 9.12. The first-order chi connectivity index (χ1) is 7.02. The SMILES string of the molecule is CC(CNC(=O)C1CNCC1C)C(=O)O. The maximum Gasteiger partial charge on any atom is 0.308 e. The number of carbonyl (C=O) groups is 2. The van der Waals surface area contributed by atoms with Gasteiger partial charge in [0.15, 0.2) is 0 Å². The molecule has 5 nitrogen and oxygen atoms in total. The van der Waals surface area contributed by atoms with E-state index < -0.39 is 11.9 Å². The Morgan fingerprint density at radius 1 is 1.53 bits per heavy atom. The van der Waals surface area contributed by atoms with Gasteiger partial charge in [0.2, 0.25) is 5.91 Å². The topological polar surface area (TPSA) is 78.4 Å². The molecular weight excluding hydrogens is 196 g/mol. The second-order valence-corrected chi connectivity index (χ2v) is 4.23. The van der Waals surface area contributed by atoms with Crippen LogP contribution >= 0.6 is 0 Å². The molecule has 1 rings (SSSR count). The summed E-state index contributed by atoms with van der Waals surface area (Å²) in [6.07, 6.45) is 0. The van der Waals surface area contributed by atoms with E-state index in [1.165, 1.54) is 0 Å². The standard InChI is InChI=1S/C10H18N2O3/c1-6-3-11-5-8(6)9(13)12-4-7(2)10(14)15/h6-8,11H,3-5H2,1-2H3,(H,12,13)(H,14,15). The van der Waals surface area contributed by atoms with Crippen LogP contribution in [0.3, 0.4) is 0 Å². The van der Waals surface area contributed by atoms with Crippen molar-refractivity contribution in [1.82, 2.24) is 10.6 Å². The van der Waals surface area contributed by atoms with E-state index >= 15 is 0 Å². The predicted molar refractivity (Wildman–Crippen MR) is 55.3 cm³/mol. The lowest BCUT2D eigenvalue weighted by Gasteiger charge is -2.15. The highest BCUT2D eigenvalue weighted by molar-refractivity contribution is 5.80. The van der Waals surface area contributed by atoms with Gasteiger partial charge in [0.1, 0.15) is 0 Å². The predicted octanol–water partition coefficient (Wildman–Crippen LogP) is -0.321. The van der Waals surface area contributed by atoms with Crippen LogP contribution in [0.15, 0.2) is 0 Å². The quantitative estimate of drug-likeness (QED) is 0.599. The Morgan fingerprint density at radius 2 is 2.20 bits per heavy atom. The summed E-state index contributed by atoms with van der Waals surface area (Å²) in [6, 6.07) is 0. The molecule has 1 heterocycles. The van der Waals surface area contributed by atoms with E-state index in [4.69, 9.17) is 5.11 Å². The molecule has 0 saturated carbocycles. The van der Waals surface area contributed by atoms with Crippen LogP contribution in [0.5, 0.6) is 0 Å². The molecule has 3 atom stereocenters. The van der Waals surface area contributed by atoms with Gasteiger partial charge in [-0.25, -0.2) is 0 Å². The molecule has 0 aliphatic carbocycles. The number of nitrogens with one attached hydrogen (secondary N) is 2. The highest BCUT2D eigenvalue weighted by Gasteiger charge is 2.29. The van der Waals surface area contributed by atoms with Crippen LogP contribution in [0, 0.1) is 17.8 Å². The van der Waals surface area contributed by atoms with Crippen LogP contribution in [0.1, 0.15) is 13.8 Å². The second-order valence-electron chi connectivity index (χ2n) is 4.23. The van der Waals surface area contributed by atoms with Crippen molar-refractivity contribution in [2.24, 2.45) is 17.8 Å². The number of aliphatic carboxylic acids is 1. The van der Waals surface area contributed by atoms with Crippen LogP contribution in [0.25, 0.3) is 0 Å². The molecule has 0 spiro atoms. The zero-order valence-electron chi connectivity index (χ0n) is 9.12. The lowest BCUT2D eigenvalue weighted by Crippen LogP contribution is -2.38. The second kappa shape index (κ2) is 5.11. The first-order valence-electron chi connectivity index (χ1n) is 5.23. The molecule has 3 N–H and O–H groups in total. The molecule has 1 aliphatic rings. The highest BCUT2D eigenvalue weighted by Crippen LogP contribution is 2.15. The van der Waals surface area contributed by atoms with Crippen molar-refractivity contribution in [2.45, 2.75) is 13.8 Å². The third kappa shape index (κ3) is 3.20. The highest BCUT2D eigenvalue weighted by atomic mass is 16.4. The van der Waals surface area contributed by atoms with Crippen molar-refractivity contribution in [3.05, 3.63) is 0 Å². The lowest BCUT2D eigenvalue weighted by atomic mass is 9.97. The van der Waals surface area contributed by atoms with E-state index in [0.717, 1.165) is 6.54 Å². The number of amides is 1. The minimum absolute atomic E-state index is 0.0222. The normalized spacial score (nSPS) is 27.3. The molecule has 1 amide bonds. The fourth-order valence-corrected chi connectivity index (χ4v) is 1.63. The smallest absolute Gasteiger partial charge is 0.308 e. The fraction of sp³-hybridized carbons (Fsp3) is 0.800. The molecule has 1 fully saturated rings. The molecule has 3 unspecified atom stereocenters. The fourth-order valence-electron chi connectivity index (χ4n) is 1.63. The Labute approximate surface area is 89.2 Å². The molecule has 0 bridgehead atoms. The van der Waals surface area contributed by atoms with E-state index in [1.54, 1.807) is 6.92 Å². The van der Waals surface area contributed by atoms with Crippen LogP contribution in [0.2, 0.25) is 0 Å². The van der Waals surface area contributed by atoms with E-state index in [2.05, 4.69) is 10.6 Å². The van der Waals surface area contributed by atoms with Gasteiger partial charge in [-0.3, -0.25) is 9.59 Å². The molecule has 15 heavy (non-hydrogen) atoms. The molecule has 86 valence electrons. The number of rotatable bonds is 4. The average molecular weight is 214 g/mol. The Hall–Kier alpha value is -1.10. The van der Waals surface area contributed by atoms with Gasteiger partial charge >= 0.3 is 5.97 Å². The van der Waals surface area contributed by atoms with Crippen molar-refractivity contribution >= 4 is 11.9 Å². The molecule has 1 aliphatic heterocycles. The Kier molecular flexibility index (Phi) is 4.08. The Balaban J connectivity index is 2.32. The summed E-state index contributed by atoms with van der Waals surface area (Å²) in [7, 11) is 0. The third-order valence-electron chi connectivity index (χ3n) is 2.86. The van der Waals surface area contributed by atoms with Crippen molar-refractivity contribution in [1.29, 1.82) is 0 Å². The molecule has 0 aromatic carbocycles. The number of hydrogen-bond acceptors (Lipinski definition) is 3. The minimum Gasteiger partial charge on any atom is -0.481 e. The molecule has 0 aromatic heterocycles.